The Hall–Kier alpha value is -1.81. The summed E-state index contributed by atoms with van der Waals surface area (Å²) in [5.41, 5.74) is 0.503. The molecule has 2 rings (SSSR count). The Balaban J connectivity index is 2.02. The van der Waals surface area contributed by atoms with Gasteiger partial charge >= 0.3 is 0 Å². The fraction of sp³-hybridized carbons (Fsp3) is 0.231. The maximum atomic E-state index is 11.5. The first-order chi connectivity index (χ1) is 8.66. The molecule has 1 aromatic carbocycles. The average molecular weight is 265 g/mol. The number of carbonyl (C=O) groups is 1. The van der Waals surface area contributed by atoms with Gasteiger partial charge in [-0.15, -0.1) is 0 Å². The number of Topliss-reactive ketones (excluding diaryl/α,β-unsaturated/α-hetero) is 1. The lowest BCUT2D eigenvalue weighted by Gasteiger charge is -2.10. The lowest BCUT2D eigenvalue weighted by molar-refractivity contribution is 0.101. The highest BCUT2D eigenvalue weighted by Gasteiger charge is 2.09. The van der Waals surface area contributed by atoms with Gasteiger partial charge in [-0.3, -0.25) is 9.48 Å². The second-order valence-electron chi connectivity index (χ2n) is 3.81. The van der Waals surface area contributed by atoms with E-state index in [1.165, 1.54) is 6.92 Å². The van der Waals surface area contributed by atoms with Crippen molar-refractivity contribution < 1.29 is 9.53 Å². The van der Waals surface area contributed by atoms with Crippen LogP contribution in [-0.2, 0) is 6.54 Å². The van der Waals surface area contributed by atoms with E-state index in [-0.39, 0.29) is 5.78 Å². The van der Waals surface area contributed by atoms with Gasteiger partial charge < -0.3 is 4.74 Å². The molecule has 2 aromatic rings. The molecule has 1 aromatic heterocycles. The van der Waals surface area contributed by atoms with Crippen LogP contribution in [0.1, 0.15) is 17.3 Å². The fourth-order valence-corrected chi connectivity index (χ4v) is 1.76. The van der Waals surface area contributed by atoms with Crippen molar-refractivity contribution in [3.63, 3.8) is 0 Å². The number of ether oxygens (including phenoxy) is 1. The predicted molar refractivity (Wildman–Crippen MR) is 69.2 cm³/mol. The van der Waals surface area contributed by atoms with Crippen LogP contribution in [0, 0.1) is 0 Å². The molecule has 4 nitrogen and oxygen atoms in total. The summed E-state index contributed by atoms with van der Waals surface area (Å²) in [7, 11) is 0. The van der Waals surface area contributed by atoms with Crippen LogP contribution >= 0.6 is 11.6 Å². The van der Waals surface area contributed by atoms with Gasteiger partial charge in [-0.05, 0) is 31.2 Å². The maximum absolute atomic E-state index is 11.5. The normalized spacial score (nSPS) is 10.3. The standard InChI is InChI=1S/C13H13ClN2O2/c1-10(17)12-9-11(14)3-4-13(12)18-8-7-16-6-2-5-15-16/h2-6,9H,7-8H2,1H3. The van der Waals surface area contributed by atoms with Crippen LogP contribution in [0.4, 0.5) is 0 Å². The van der Waals surface area contributed by atoms with Crippen molar-refractivity contribution in [2.24, 2.45) is 0 Å². The van der Waals surface area contributed by atoms with Gasteiger partial charge in [0.15, 0.2) is 5.78 Å². The molecule has 0 aliphatic heterocycles. The van der Waals surface area contributed by atoms with Gasteiger partial charge in [-0.25, -0.2) is 0 Å². The van der Waals surface area contributed by atoms with Crippen LogP contribution < -0.4 is 4.74 Å². The molecule has 0 saturated heterocycles. The summed E-state index contributed by atoms with van der Waals surface area (Å²) in [6, 6.07) is 6.88. The number of nitrogens with zero attached hydrogens (tertiary/aromatic N) is 2. The molecule has 0 atom stereocenters. The molecule has 5 heteroatoms. The molecule has 0 N–H and O–H groups in total. The lowest BCUT2D eigenvalue weighted by Crippen LogP contribution is -2.10. The van der Waals surface area contributed by atoms with E-state index in [2.05, 4.69) is 5.10 Å². The third kappa shape index (κ3) is 3.11. The summed E-state index contributed by atoms with van der Waals surface area (Å²) in [6.45, 7) is 2.57. The second-order valence-corrected chi connectivity index (χ2v) is 4.25. The summed E-state index contributed by atoms with van der Waals surface area (Å²) >= 11 is 5.85. The van der Waals surface area contributed by atoms with Crippen molar-refractivity contribution in [1.29, 1.82) is 0 Å². The molecule has 0 fully saturated rings. The van der Waals surface area contributed by atoms with Gasteiger partial charge in [-0.2, -0.15) is 5.10 Å². The largest absolute Gasteiger partial charge is 0.491 e. The molecule has 0 aliphatic carbocycles. The number of benzene rings is 1. The number of hydrogen-bond donors (Lipinski definition) is 0. The SMILES string of the molecule is CC(=O)c1cc(Cl)ccc1OCCn1cccn1. The molecule has 1 heterocycles. The summed E-state index contributed by atoms with van der Waals surface area (Å²) in [4.78, 5) is 11.5. The van der Waals surface area contributed by atoms with Gasteiger partial charge in [0.25, 0.3) is 0 Å². The van der Waals surface area contributed by atoms with E-state index in [0.717, 1.165) is 0 Å². The molecular weight excluding hydrogens is 252 g/mol. The molecule has 0 unspecified atom stereocenters. The first-order valence-corrected chi connectivity index (χ1v) is 5.95. The molecule has 0 saturated carbocycles. The Labute approximate surface area is 110 Å². The summed E-state index contributed by atoms with van der Waals surface area (Å²) < 4.78 is 7.35. The van der Waals surface area contributed by atoms with E-state index in [0.29, 0.717) is 29.5 Å². The van der Waals surface area contributed by atoms with Crippen molar-refractivity contribution in [3.8, 4) is 5.75 Å². The topological polar surface area (TPSA) is 44.1 Å². The van der Waals surface area contributed by atoms with E-state index in [1.54, 1.807) is 29.1 Å². The van der Waals surface area contributed by atoms with E-state index < -0.39 is 0 Å². The van der Waals surface area contributed by atoms with E-state index in [1.807, 2.05) is 12.3 Å². The smallest absolute Gasteiger partial charge is 0.163 e. The Kier molecular flexibility index (Phi) is 3.99. The fourth-order valence-electron chi connectivity index (χ4n) is 1.59. The van der Waals surface area contributed by atoms with Crippen LogP contribution in [0.2, 0.25) is 5.02 Å². The Morgan fingerprint density at radius 3 is 3.00 bits per heavy atom. The van der Waals surface area contributed by atoms with E-state index in [4.69, 9.17) is 16.3 Å². The van der Waals surface area contributed by atoms with Gasteiger partial charge in [0.2, 0.25) is 0 Å². The molecule has 0 amide bonds. The van der Waals surface area contributed by atoms with Crippen LogP contribution in [0.3, 0.4) is 0 Å². The number of hydrogen-bond acceptors (Lipinski definition) is 3. The van der Waals surface area contributed by atoms with Crippen molar-refractivity contribution in [3.05, 3.63) is 47.2 Å². The monoisotopic (exact) mass is 264 g/mol. The minimum absolute atomic E-state index is 0.0633. The van der Waals surface area contributed by atoms with Gasteiger partial charge in [-0.1, -0.05) is 11.6 Å². The molecule has 0 bridgehead atoms. The van der Waals surface area contributed by atoms with Gasteiger partial charge in [0.05, 0.1) is 12.1 Å². The molecule has 94 valence electrons. The lowest BCUT2D eigenvalue weighted by atomic mass is 10.1. The van der Waals surface area contributed by atoms with E-state index >= 15 is 0 Å². The molecule has 0 spiro atoms. The molecule has 18 heavy (non-hydrogen) atoms. The zero-order valence-corrected chi connectivity index (χ0v) is 10.7. The second kappa shape index (κ2) is 5.69. The first-order valence-electron chi connectivity index (χ1n) is 5.57. The van der Waals surface area contributed by atoms with Gasteiger partial charge in [0.1, 0.15) is 12.4 Å². The number of aromatic nitrogens is 2. The quantitative estimate of drug-likeness (QED) is 0.780. The number of halogens is 1. The Morgan fingerprint density at radius 1 is 1.50 bits per heavy atom. The highest BCUT2D eigenvalue weighted by atomic mass is 35.5. The Morgan fingerprint density at radius 2 is 2.33 bits per heavy atom. The van der Waals surface area contributed by atoms with Crippen molar-refractivity contribution in [2.45, 2.75) is 13.5 Å². The van der Waals surface area contributed by atoms with Crippen LogP contribution in [0.15, 0.2) is 36.7 Å². The highest BCUT2D eigenvalue weighted by molar-refractivity contribution is 6.31. The van der Waals surface area contributed by atoms with Crippen LogP contribution in [-0.4, -0.2) is 22.2 Å². The third-order valence-corrected chi connectivity index (χ3v) is 2.69. The first kappa shape index (κ1) is 12.6. The third-order valence-electron chi connectivity index (χ3n) is 2.46. The maximum Gasteiger partial charge on any atom is 0.163 e. The average Bonchev–Trinajstić information content (AvgIpc) is 2.84. The van der Waals surface area contributed by atoms with Gasteiger partial charge in [0, 0.05) is 17.4 Å². The zero-order chi connectivity index (χ0) is 13.0. The zero-order valence-electron chi connectivity index (χ0n) is 9.97. The van der Waals surface area contributed by atoms with Crippen LogP contribution in [0.5, 0.6) is 5.75 Å². The summed E-state index contributed by atoms with van der Waals surface area (Å²) in [5.74, 6) is 0.491. The van der Waals surface area contributed by atoms with Crippen molar-refractivity contribution in [1.82, 2.24) is 9.78 Å². The minimum Gasteiger partial charge on any atom is -0.491 e. The number of rotatable bonds is 5. The minimum atomic E-state index is -0.0633. The molecule has 0 radical (unpaired) electrons. The summed E-state index contributed by atoms with van der Waals surface area (Å²) in [5, 5.41) is 4.60. The summed E-state index contributed by atoms with van der Waals surface area (Å²) in [6.07, 6.45) is 3.57. The molecule has 0 aliphatic rings. The highest BCUT2D eigenvalue weighted by Crippen LogP contribution is 2.23. The van der Waals surface area contributed by atoms with Crippen LogP contribution in [0.25, 0.3) is 0 Å². The predicted octanol–water partition coefficient (Wildman–Crippen LogP) is 2.82. The van der Waals surface area contributed by atoms with Crippen molar-refractivity contribution >= 4 is 17.4 Å². The number of ketones is 1. The molecular formula is C13H13ClN2O2. The van der Waals surface area contributed by atoms with E-state index in [9.17, 15) is 4.79 Å². The number of carbonyl (C=O) groups excluding carboxylic acids is 1. The van der Waals surface area contributed by atoms with Crippen molar-refractivity contribution in [2.75, 3.05) is 6.61 Å². The Bertz CT molecular complexity index is 538.